The van der Waals surface area contributed by atoms with Gasteiger partial charge in [0.05, 0.1) is 17.6 Å². The first-order valence-electron chi connectivity index (χ1n) is 6.38. The van der Waals surface area contributed by atoms with E-state index in [1.807, 2.05) is 36.4 Å². The maximum absolute atomic E-state index is 14.2. The second kappa shape index (κ2) is 5.27. The zero-order valence-electron chi connectivity index (χ0n) is 10.8. The largest absolute Gasteiger partial charge is 0.326 e. The van der Waals surface area contributed by atoms with E-state index in [-0.39, 0.29) is 5.82 Å². The molecule has 2 N–H and O–H groups in total. The van der Waals surface area contributed by atoms with Gasteiger partial charge in [0.25, 0.3) is 0 Å². The van der Waals surface area contributed by atoms with Crippen molar-refractivity contribution in [2.45, 2.75) is 6.54 Å². The van der Waals surface area contributed by atoms with E-state index in [0.29, 0.717) is 12.1 Å². The minimum atomic E-state index is -0.286. The molecule has 4 heteroatoms. The third-order valence-corrected chi connectivity index (χ3v) is 3.19. The number of halogens is 1. The normalized spacial score (nSPS) is 10.7. The van der Waals surface area contributed by atoms with Crippen LogP contribution in [-0.2, 0) is 6.54 Å². The predicted octanol–water partition coefficient (Wildman–Crippen LogP) is 3.14. The standard InChI is InChI=1S/C16H14FN3/c17-15-10-12(11-18)6-7-14(15)16-8-9-19-20(16)13-4-2-1-3-5-13/h1-10H,11,18H2. The van der Waals surface area contributed by atoms with Crippen molar-refractivity contribution >= 4 is 0 Å². The highest BCUT2D eigenvalue weighted by molar-refractivity contribution is 5.63. The van der Waals surface area contributed by atoms with E-state index < -0.39 is 0 Å². The Balaban J connectivity index is 2.11. The Bertz CT molecular complexity index is 720. The van der Waals surface area contributed by atoms with Crippen LogP contribution in [0.15, 0.2) is 60.8 Å². The number of aromatic nitrogens is 2. The smallest absolute Gasteiger partial charge is 0.132 e. The molecule has 0 saturated heterocycles. The van der Waals surface area contributed by atoms with Gasteiger partial charge in [0.15, 0.2) is 0 Å². The quantitative estimate of drug-likeness (QED) is 0.792. The van der Waals surface area contributed by atoms with Crippen LogP contribution in [0.2, 0.25) is 0 Å². The van der Waals surface area contributed by atoms with E-state index in [1.165, 1.54) is 6.07 Å². The van der Waals surface area contributed by atoms with Crippen molar-refractivity contribution in [2.75, 3.05) is 0 Å². The maximum atomic E-state index is 14.2. The molecule has 3 rings (SSSR count). The first kappa shape index (κ1) is 12.6. The van der Waals surface area contributed by atoms with Crippen LogP contribution in [0.25, 0.3) is 16.9 Å². The Kier molecular flexibility index (Phi) is 3.31. The first-order chi connectivity index (χ1) is 9.79. The third kappa shape index (κ3) is 2.21. The zero-order chi connectivity index (χ0) is 13.9. The average Bonchev–Trinajstić information content (AvgIpc) is 2.97. The lowest BCUT2D eigenvalue weighted by atomic mass is 10.1. The number of rotatable bonds is 3. The summed E-state index contributed by atoms with van der Waals surface area (Å²) in [6.45, 7) is 0.329. The van der Waals surface area contributed by atoms with Gasteiger partial charge in [-0.3, -0.25) is 0 Å². The zero-order valence-corrected chi connectivity index (χ0v) is 10.8. The van der Waals surface area contributed by atoms with Gasteiger partial charge in [-0.05, 0) is 35.9 Å². The van der Waals surface area contributed by atoms with Crippen molar-refractivity contribution in [3.63, 3.8) is 0 Å². The van der Waals surface area contributed by atoms with E-state index in [2.05, 4.69) is 5.10 Å². The van der Waals surface area contributed by atoms with E-state index in [4.69, 9.17) is 5.73 Å². The summed E-state index contributed by atoms with van der Waals surface area (Å²) < 4.78 is 15.9. The third-order valence-electron chi connectivity index (χ3n) is 3.19. The molecule has 0 fully saturated rings. The monoisotopic (exact) mass is 267 g/mol. The van der Waals surface area contributed by atoms with Crippen molar-refractivity contribution in [2.24, 2.45) is 5.73 Å². The fourth-order valence-electron chi connectivity index (χ4n) is 2.18. The van der Waals surface area contributed by atoms with Gasteiger partial charge in [0.2, 0.25) is 0 Å². The Morgan fingerprint density at radius 3 is 2.55 bits per heavy atom. The maximum Gasteiger partial charge on any atom is 0.132 e. The first-order valence-corrected chi connectivity index (χ1v) is 6.38. The fraction of sp³-hybridized carbons (Fsp3) is 0.0625. The summed E-state index contributed by atoms with van der Waals surface area (Å²) in [5.74, 6) is -0.286. The van der Waals surface area contributed by atoms with E-state index >= 15 is 0 Å². The van der Waals surface area contributed by atoms with Crippen molar-refractivity contribution in [1.29, 1.82) is 0 Å². The van der Waals surface area contributed by atoms with Crippen LogP contribution in [0, 0.1) is 5.82 Å². The summed E-state index contributed by atoms with van der Waals surface area (Å²) in [4.78, 5) is 0. The number of benzene rings is 2. The van der Waals surface area contributed by atoms with E-state index in [9.17, 15) is 4.39 Å². The van der Waals surface area contributed by atoms with Gasteiger partial charge < -0.3 is 5.73 Å². The molecule has 3 nitrogen and oxygen atoms in total. The molecule has 3 aromatic rings. The number of hydrogen-bond acceptors (Lipinski definition) is 2. The molecule has 100 valence electrons. The van der Waals surface area contributed by atoms with Crippen LogP contribution in [-0.4, -0.2) is 9.78 Å². The van der Waals surface area contributed by atoms with Gasteiger partial charge in [-0.15, -0.1) is 0 Å². The average molecular weight is 267 g/mol. The van der Waals surface area contributed by atoms with Gasteiger partial charge in [0.1, 0.15) is 5.82 Å². The second-order valence-electron chi connectivity index (χ2n) is 4.48. The molecule has 0 spiro atoms. The summed E-state index contributed by atoms with van der Waals surface area (Å²) in [5.41, 5.74) is 8.43. The SMILES string of the molecule is NCc1ccc(-c2ccnn2-c2ccccc2)c(F)c1. The van der Waals surface area contributed by atoms with Crippen molar-refractivity contribution < 1.29 is 4.39 Å². The fourth-order valence-corrected chi connectivity index (χ4v) is 2.18. The molecule has 0 unspecified atom stereocenters. The summed E-state index contributed by atoms with van der Waals surface area (Å²) in [7, 11) is 0. The van der Waals surface area contributed by atoms with Gasteiger partial charge in [-0.25, -0.2) is 9.07 Å². The molecule has 0 atom stereocenters. The van der Waals surface area contributed by atoms with Gasteiger partial charge in [-0.2, -0.15) is 5.10 Å². The Hall–Kier alpha value is -2.46. The highest BCUT2D eigenvalue weighted by Crippen LogP contribution is 2.25. The number of para-hydroxylation sites is 1. The van der Waals surface area contributed by atoms with E-state index in [0.717, 1.165) is 16.9 Å². The molecule has 2 aromatic carbocycles. The van der Waals surface area contributed by atoms with Crippen molar-refractivity contribution in [3.05, 3.63) is 72.2 Å². The minimum Gasteiger partial charge on any atom is -0.326 e. The Morgan fingerprint density at radius 1 is 1.05 bits per heavy atom. The van der Waals surface area contributed by atoms with Gasteiger partial charge >= 0.3 is 0 Å². The molecular weight excluding hydrogens is 253 g/mol. The predicted molar refractivity (Wildman–Crippen MR) is 76.8 cm³/mol. The molecule has 0 radical (unpaired) electrons. The van der Waals surface area contributed by atoms with Crippen molar-refractivity contribution in [1.82, 2.24) is 9.78 Å². The van der Waals surface area contributed by atoms with Crippen LogP contribution in [0.3, 0.4) is 0 Å². The molecule has 0 saturated carbocycles. The van der Waals surface area contributed by atoms with Crippen LogP contribution < -0.4 is 5.73 Å². The molecule has 20 heavy (non-hydrogen) atoms. The molecule has 0 amide bonds. The van der Waals surface area contributed by atoms with E-state index in [1.54, 1.807) is 23.0 Å². The molecule has 0 bridgehead atoms. The second-order valence-corrected chi connectivity index (χ2v) is 4.48. The molecule has 1 heterocycles. The molecule has 0 aliphatic rings. The lowest BCUT2D eigenvalue weighted by Gasteiger charge is -2.09. The van der Waals surface area contributed by atoms with Crippen molar-refractivity contribution in [3.8, 4) is 16.9 Å². The number of nitrogens with two attached hydrogens (primary N) is 1. The number of nitrogens with zero attached hydrogens (tertiary/aromatic N) is 2. The Morgan fingerprint density at radius 2 is 1.85 bits per heavy atom. The van der Waals surface area contributed by atoms with Crippen LogP contribution in [0.5, 0.6) is 0 Å². The summed E-state index contributed by atoms with van der Waals surface area (Å²) in [6, 6.07) is 16.5. The summed E-state index contributed by atoms with van der Waals surface area (Å²) in [5, 5.41) is 4.27. The number of hydrogen-bond donors (Lipinski definition) is 1. The molecule has 1 aromatic heterocycles. The van der Waals surface area contributed by atoms with Gasteiger partial charge in [0, 0.05) is 12.1 Å². The van der Waals surface area contributed by atoms with Crippen LogP contribution in [0.1, 0.15) is 5.56 Å². The lowest BCUT2D eigenvalue weighted by Crippen LogP contribution is -2.01. The summed E-state index contributed by atoms with van der Waals surface area (Å²) >= 11 is 0. The lowest BCUT2D eigenvalue weighted by molar-refractivity contribution is 0.627. The molecule has 0 aliphatic carbocycles. The molecular formula is C16H14FN3. The molecule has 0 aliphatic heterocycles. The highest BCUT2D eigenvalue weighted by atomic mass is 19.1. The minimum absolute atomic E-state index is 0.286. The Labute approximate surface area is 116 Å². The summed E-state index contributed by atoms with van der Waals surface area (Å²) in [6.07, 6.45) is 1.67. The van der Waals surface area contributed by atoms with Gasteiger partial charge in [-0.1, -0.05) is 24.3 Å². The van der Waals surface area contributed by atoms with Crippen LogP contribution >= 0.6 is 0 Å². The topological polar surface area (TPSA) is 43.8 Å². The van der Waals surface area contributed by atoms with Crippen LogP contribution in [0.4, 0.5) is 4.39 Å². The highest BCUT2D eigenvalue weighted by Gasteiger charge is 2.11.